The molecule has 3 rings (SSSR count). The van der Waals surface area contributed by atoms with Crippen molar-refractivity contribution in [1.29, 1.82) is 0 Å². The lowest BCUT2D eigenvalue weighted by atomic mass is 10.0. The van der Waals surface area contributed by atoms with Crippen molar-refractivity contribution in [3.05, 3.63) is 70.0 Å². The molecule has 0 aliphatic carbocycles. The van der Waals surface area contributed by atoms with E-state index in [4.69, 9.17) is 11.6 Å². The number of carbonyl (C=O) groups is 1. The van der Waals surface area contributed by atoms with E-state index in [1.807, 2.05) is 12.1 Å². The molecular formula is C23H27ClN4O3S. The van der Waals surface area contributed by atoms with Crippen molar-refractivity contribution in [2.75, 3.05) is 16.2 Å². The first kappa shape index (κ1) is 23.8. The van der Waals surface area contributed by atoms with Gasteiger partial charge in [-0.25, -0.2) is 8.42 Å². The van der Waals surface area contributed by atoms with Gasteiger partial charge in [0.15, 0.2) is 0 Å². The third-order valence-electron chi connectivity index (χ3n) is 5.29. The zero-order chi connectivity index (χ0) is 23.6. The van der Waals surface area contributed by atoms with Crippen LogP contribution in [0.3, 0.4) is 0 Å². The Morgan fingerprint density at radius 3 is 2.34 bits per heavy atom. The van der Waals surface area contributed by atoms with Crippen molar-refractivity contribution >= 4 is 38.9 Å². The lowest BCUT2D eigenvalue weighted by molar-refractivity contribution is -0.114. The Morgan fingerprint density at radius 1 is 1.12 bits per heavy atom. The molecule has 2 N–H and O–H groups in total. The second kappa shape index (κ2) is 9.34. The highest BCUT2D eigenvalue weighted by molar-refractivity contribution is 7.93. The van der Waals surface area contributed by atoms with Crippen LogP contribution in [-0.2, 0) is 14.8 Å². The van der Waals surface area contributed by atoms with Crippen molar-refractivity contribution in [2.24, 2.45) is 0 Å². The highest BCUT2D eigenvalue weighted by atomic mass is 35.5. The van der Waals surface area contributed by atoms with Gasteiger partial charge in [0, 0.05) is 10.7 Å². The van der Waals surface area contributed by atoms with E-state index in [0.717, 1.165) is 9.87 Å². The van der Waals surface area contributed by atoms with Gasteiger partial charge in [-0.05, 0) is 62.1 Å². The van der Waals surface area contributed by atoms with E-state index < -0.39 is 22.5 Å². The SMILES string of the molecule is Cc1n[nH]c(C)c1S(=O)(=O)N(CC(=O)Nc1cccc(Cl)c1C)c1ccc(C(C)C)cc1. The Hall–Kier alpha value is -2.84. The number of anilines is 2. The number of hydrogen-bond donors (Lipinski definition) is 2. The van der Waals surface area contributed by atoms with Crippen LogP contribution in [0.4, 0.5) is 11.4 Å². The molecule has 3 aromatic rings. The second-order valence-electron chi connectivity index (χ2n) is 7.98. The van der Waals surface area contributed by atoms with E-state index in [2.05, 4.69) is 29.4 Å². The predicted molar refractivity (Wildman–Crippen MR) is 128 cm³/mol. The van der Waals surface area contributed by atoms with Crippen molar-refractivity contribution in [3.8, 4) is 0 Å². The number of halogens is 1. The van der Waals surface area contributed by atoms with Gasteiger partial charge in [-0.2, -0.15) is 5.10 Å². The van der Waals surface area contributed by atoms with E-state index >= 15 is 0 Å². The van der Waals surface area contributed by atoms with Gasteiger partial charge in [-0.15, -0.1) is 0 Å². The first-order valence-electron chi connectivity index (χ1n) is 10.2. The van der Waals surface area contributed by atoms with Crippen LogP contribution in [0.1, 0.15) is 42.3 Å². The maximum atomic E-state index is 13.6. The van der Waals surface area contributed by atoms with Crippen LogP contribution in [-0.4, -0.2) is 31.1 Å². The fourth-order valence-electron chi connectivity index (χ4n) is 3.43. The molecule has 0 atom stereocenters. The summed E-state index contributed by atoms with van der Waals surface area (Å²) < 4.78 is 28.4. The molecule has 7 nitrogen and oxygen atoms in total. The fraction of sp³-hybridized carbons (Fsp3) is 0.304. The monoisotopic (exact) mass is 474 g/mol. The van der Waals surface area contributed by atoms with Crippen LogP contribution in [0.25, 0.3) is 0 Å². The quantitative estimate of drug-likeness (QED) is 0.506. The molecule has 1 amide bonds. The molecule has 0 saturated carbocycles. The largest absolute Gasteiger partial charge is 0.324 e. The third-order valence-corrected chi connectivity index (χ3v) is 7.73. The van der Waals surface area contributed by atoms with Crippen molar-refractivity contribution in [2.45, 2.75) is 45.4 Å². The highest BCUT2D eigenvalue weighted by Gasteiger charge is 2.31. The zero-order valence-corrected chi connectivity index (χ0v) is 20.3. The summed E-state index contributed by atoms with van der Waals surface area (Å²) in [5.41, 5.74) is 3.47. The number of sulfonamides is 1. The summed E-state index contributed by atoms with van der Waals surface area (Å²) in [4.78, 5) is 13.0. The summed E-state index contributed by atoms with van der Waals surface area (Å²) in [5, 5.41) is 10.0. The van der Waals surface area contributed by atoms with Gasteiger partial charge < -0.3 is 5.32 Å². The molecule has 0 aliphatic heterocycles. The first-order chi connectivity index (χ1) is 15.0. The van der Waals surface area contributed by atoms with E-state index in [9.17, 15) is 13.2 Å². The van der Waals surface area contributed by atoms with E-state index in [-0.39, 0.29) is 4.90 Å². The van der Waals surface area contributed by atoms with Gasteiger partial charge in [0.2, 0.25) is 5.91 Å². The summed E-state index contributed by atoms with van der Waals surface area (Å²) in [6.07, 6.45) is 0. The summed E-state index contributed by atoms with van der Waals surface area (Å²) in [5.74, 6) is -0.188. The molecule has 2 aromatic carbocycles. The lowest BCUT2D eigenvalue weighted by Crippen LogP contribution is -2.38. The summed E-state index contributed by atoms with van der Waals surface area (Å²) in [7, 11) is -4.06. The number of nitrogens with one attached hydrogen (secondary N) is 2. The Morgan fingerprint density at radius 2 is 1.78 bits per heavy atom. The number of amides is 1. The average molecular weight is 475 g/mol. The minimum atomic E-state index is -4.06. The number of benzene rings is 2. The second-order valence-corrected chi connectivity index (χ2v) is 10.2. The summed E-state index contributed by atoms with van der Waals surface area (Å²) >= 11 is 6.15. The molecule has 0 unspecified atom stereocenters. The molecular weight excluding hydrogens is 448 g/mol. The Kier molecular flexibility index (Phi) is 6.95. The van der Waals surface area contributed by atoms with Crippen LogP contribution < -0.4 is 9.62 Å². The number of rotatable bonds is 7. The number of hydrogen-bond acceptors (Lipinski definition) is 4. The minimum absolute atomic E-state index is 0.0668. The van der Waals surface area contributed by atoms with Gasteiger partial charge in [0.25, 0.3) is 10.0 Å². The van der Waals surface area contributed by atoms with E-state index in [1.54, 1.807) is 51.1 Å². The average Bonchev–Trinajstić information content (AvgIpc) is 3.08. The molecule has 32 heavy (non-hydrogen) atoms. The standard InChI is InChI=1S/C23H27ClN4O3S/c1-14(2)18-9-11-19(12-10-18)28(32(30,31)23-16(4)26-27-17(23)5)13-22(29)25-21-8-6-7-20(24)15(21)3/h6-12,14H,13H2,1-5H3,(H,25,29)(H,26,27). The van der Waals surface area contributed by atoms with E-state index in [1.165, 1.54) is 0 Å². The topological polar surface area (TPSA) is 95.2 Å². The predicted octanol–water partition coefficient (Wildman–Crippen LogP) is 4.95. The van der Waals surface area contributed by atoms with Gasteiger partial charge in [0.05, 0.1) is 17.1 Å². The molecule has 0 radical (unpaired) electrons. The van der Waals surface area contributed by atoms with Crippen LogP contribution >= 0.6 is 11.6 Å². The van der Waals surface area contributed by atoms with Crippen LogP contribution in [0.5, 0.6) is 0 Å². The summed E-state index contributed by atoms with van der Waals surface area (Å²) in [6, 6.07) is 12.4. The van der Waals surface area contributed by atoms with Gasteiger partial charge >= 0.3 is 0 Å². The number of aryl methyl sites for hydroxylation is 2. The Balaban J connectivity index is 2.00. The molecule has 0 bridgehead atoms. The van der Waals surface area contributed by atoms with E-state index in [0.29, 0.717) is 39.3 Å². The van der Waals surface area contributed by atoms with Gasteiger partial charge in [-0.1, -0.05) is 43.6 Å². The maximum absolute atomic E-state index is 13.6. The van der Waals surface area contributed by atoms with Crippen molar-refractivity contribution in [1.82, 2.24) is 10.2 Å². The molecule has 0 spiro atoms. The molecule has 170 valence electrons. The lowest BCUT2D eigenvalue weighted by Gasteiger charge is -2.25. The first-order valence-corrected chi connectivity index (χ1v) is 12.0. The summed E-state index contributed by atoms with van der Waals surface area (Å²) in [6.45, 7) is 8.76. The molecule has 1 aromatic heterocycles. The molecule has 9 heteroatoms. The van der Waals surface area contributed by atoms with Gasteiger partial charge in [-0.3, -0.25) is 14.2 Å². The van der Waals surface area contributed by atoms with Gasteiger partial charge in [0.1, 0.15) is 11.4 Å². The van der Waals surface area contributed by atoms with Crippen molar-refractivity contribution in [3.63, 3.8) is 0 Å². The van der Waals surface area contributed by atoms with Crippen LogP contribution in [0, 0.1) is 20.8 Å². The minimum Gasteiger partial charge on any atom is -0.324 e. The van der Waals surface area contributed by atoms with Crippen molar-refractivity contribution < 1.29 is 13.2 Å². The highest BCUT2D eigenvalue weighted by Crippen LogP contribution is 2.29. The van der Waals surface area contributed by atoms with Crippen LogP contribution in [0.2, 0.25) is 5.02 Å². The number of H-pyrrole nitrogens is 1. The smallest absolute Gasteiger partial charge is 0.268 e. The zero-order valence-electron chi connectivity index (χ0n) is 18.7. The number of aromatic amines is 1. The molecule has 1 heterocycles. The molecule has 0 fully saturated rings. The Labute approximate surface area is 193 Å². The van der Waals surface area contributed by atoms with Crippen LogP contribution in [0.15, 0.2) is 47.4 Å². The molecule has 0 saturated heterocycles. The molecule has 0 aliphatic rings. The maximum Gasteiger partial charge on any atom is 0.268 e. The number of aromatic nitrogens is 2. The number of nitrogens with zero attached hydrogens (tertiary/aromatic N) is 2. The number of carbonyl (C=O) groups excluding carboxylic acids is 1. The Bertz CT molecular complexity index is 1220. The normalized spacial score (nSPS) is 11.6. The fourth-order valence-corrected chi connectivity index (χ4v) is 5.37. The third kappa shape index (κ3) is 4.81.